The quantitative estimate of drug-likeness (QED) is 0.352. The summed E-state index contributed by atoms with van der Waals surface area (Å²) in [4.78, 5) is 8.43. The first-order chi connectivity index (χ1) is 12.5. The molecule has 0 fully saturated rings. The number of halogens is 3. The molecule has 27 heavy (non-hydrogen) atoms. The zero-order chi connectivity index (χ0) is 18.9. The van der Waals surface area contributed by atoms with Crippen molar-refractivity contribution in [1.82, 2.24) is 15.6 Å². The maximum atomic E-state index is 12.6. The molecule has 2 N–H and O–H groups in total. The molecule has 0 saturated carbocycles. The second-order valence-electron chi connectivity index (χ2n) is 5.40. The van der Waals surface area contributed by atoms with Gasteiger partial charge in [-0.15, -0.1) is 24.0 Å². The lowest BCUT2D eigenvalue weighted by Gasteiger charge is -2.15. The Balaban J connectivity index is 0.00000364. The normalized spacial score (nSPS) is 11.0. The molecule has 0 amide bonds. The number of guanidine groups is 1. The van der Waals surface area contributed by atoms with E-state index >= 15 is 0 Å². The van der Waals surface area contributed by atoms with Crippen molar-refractivity contribution in [3.8, 4) is 11.5 Å². The fraction of sp³-hybridized carbons (Fsp3) is 0.333. The van der Waals surface area contributed by atoms with Gasteiger partial charge in [0.05, 0.1) is 19.3 Å². The molecular weight excluding hydrogens is 469 g/mol. The summed E-state index contributed by atoms with van der Waals surface area (Å²) in [6, 6.07) is 8.51. The van der Waals surface area contributed by atoms with E-state index in [-0.39, 0.29) is 36.3 Å². The standard InChI is InChI=1S/C18H22F2N4O2.HI/c1-12-5-4-8-22-15(12)11-24-18(21-2)23-10-13-9-14(25-3)6-7-16(13)26-17(19)20;/h4-9,17H,10-11H2,1-3H3,(H2,21,23,24);1H. The van der Waals surface area contributed by atoms with Crippen LogP contribution in [-0.2, 0) is 13.1 Å². The van der Waals surface area contributed by atoms with Gasteiger partial charge in [0, 0.05) is 25.4 Å². The maximum absolute atomic E-state index is 12.6. The number of alkyl halides is 2. The van der Waals surface area contributed by atoms with E-state index in [0.717, 1.165) is 11.3 Å². The Bertz CT molecular complexity index is 760. The molecule has 0 aliphatic heterocycles. The lowest BCUT2D eigenvalue weighted by Crippen LogP contribution is -2.36. The second kappa shape index (κ2) is 11.5. The van der Waals surface area contributed by atoms with Gasteiger partial charge in [0.25, 0.3) is 0 Å². The van der Waals surface area contributed by atoms with Crippen LogP contribution in [0.5, 0.6) is 11.5 Å². The van der Waals surface area contributed by atoms with E-state index in [1.165, 1.54) is 13.2 Å². The van der Waals surface area contributed by atoms with Gasteiger partial charge in [-0.1, -0.05) is 6.07 Å². The molecule has 0 aliphatic rings. The van der Waals surface area contributed by atoms with Crippen LogP contribution in [0.3, 0.4) is 0 Å². The number of aromatic nitrogens is 1. The van der Waals surface area contributed by atoms with Gasteiger partial charge < -0.3 is 20.1 Å². The van der Waals surface area contributed by atoms with Crippen LogP contribution in [0, 0.1) is 6.92 Å². The van der Waals surface area contributed by atoms with Gasteiger partial charge in [0.2, 0.25) is 0 Å². The first-order valence-electron chi connectivity index (χ1n) is 8.00. The largest absolute Gasteiger partial charge is 0.497 e. The molecule has 148 valence electrons. The number of rotatable bonds is 7. The molecule has 0 atom stereocenters. The van der Waals surface area contributed by atoms with Crippen LogP contribution in [0.2, 0.25) is 0 Å². The molecule has 0 radical (unpaired) electrons. The van der Waals surface area contributed by atoms with Gasteiger partial charge >= 0.3 is 6.61 Å². The highest BCUT2D eigenvalue weighted by Gasteiger charge is 2.12. The highest BCUT2D eigenvalue weighted by molar-refractivity contribution is 14.0. The minimum atomic E-state index is -2.90. The molecule has 0 spiro atoms. The van der Waals surface area contributed by atoms with E-state index in [1.807, 2.05) is 19.1 Å². The molecule has 1 aromatic heterocycles. The topological polar surface area (TPSA) is 67.8 Å². The lowest BCUT2D eigenvalue weighted by molar-refractivity contribution is -0.0504. The summed E-state index contributed by atoms with van der Waals surface area (Å²) in [6.07, 6.45) is 1.73. The lowest BCUT2D eigenvalue weighted by atomic mass is 10.2. The molecule has 0 aliphatic carbocycles. The number of pyridine rings is 1. The highest BCUT2D eigenvalue weighted by Crippen LogP contribution is 2.25. The summed E-state index contributed by atoms with van der Waals surface area (Å²) in [5.41, 5.74) is 2.50. The van der Waals surface area contributed by atoms with Crippen molar-refractivity contribution in [2.45, 2.75) is 26.6 Å². The average Bonchev–Trinajstić information content (AvgIpc) is 2.63. The summed E-state index contributed by atoms with van der Waals surface area (Å²) < 4.78 is 34.9. The van der Waals surface area contributed by atoms with Gasteiger partial charge in [-0.25, -0.2) is 0 Å². The Morgan fingerprint density at radius 3 is 2.59 bits per heavy atom. The molecule has 0 saturated heterocycles. The second-order valence-corrected chi connectivity index (χ2v) is 5.40. The van der Waals surface area contributed by atoms with Crippen molar-refractivity contribution < 1.29 is 18.3 Å². The van der Waals surface area contributed by atoms with Gasteiger partial charge in [-0.2, -0.15) is 8.78 Å². The number of ether oxygens (including phenoxy) is 2. The van der Waals surface area contributed by atoms with Crippen molar-refractivity contribution in [3.63, 3.8) is 0 Å². The van der Waals surface area contributed by atoms with Crippen molar-refractivity contribution in [2.75, 3.05) is 14.2 Å². The zero-order valence-electron chi connectivity index (χ0n) is 15.3. The minimum absolute atomic E-state index is 0. The smallest absolute Gasteiger partial charge is 0.387 e. The number of hydrogen-bond acceptors (Lipinski definition) is 4. The number of hydrogen-bond donors (Lipinski definition) is 2. The molecule has 1 heterocycles. The first-order valence-corrected chi connectivity index (χ1v) is 8.00. The van der Waals surface area contributed by atoms with Gasteiger partial charge in [-0.3, -0.25) is 9.98 Å². The molecule has 2 aromatic rings. The predicted molar refractivity (Wildman–Crippen MR) is 111 cm³/mol. The van der Waals surface area contributed by atoms with Crippen LogP contribution in [0.25, 0.3) is 0 Å². The summed E-state index contributed by atoms with van der Waals surface area (Å²) in [7, 11) is 3.14. The third kappa shape index (κ3) is 7.16. The number of aryl methyl sites for hydroxylation is 1. The van der Waals surface area contributed by atoms with Crippen LogP contribution in [0.15, 0.2) is 41.5 Å². The molecule has 9 heteroatoms. The molecular formula is C18H23F2IN4O2. The summed E-state index contributed by atoms with van der Waals surface area (Å²) in [5, 5.41) is 6.21. The summed E-state index contributed by atoms with van der Waals surface area (Å²) in [6.45, 7) is -0.193. The fourth-order valence-electron chi connectivity index (χ4n) is 2.30. The Hall–Kier alpha value is -2.17. The van der Waals surface area contributed by atoms with Crippen LogP contribution in [0.4, 0.5) is 8.78 Å². The number of aliphatic imine (C=N–C) groups is 1. The van der Waals surface area contributed by atoms with Gasteiger partial charge in [0.1, 0.15) is 11.5 Å². The van der Waals surface area contributed by atoms with E-state index in [2.05, 4.69) is 25.3 Å². The Morgan fingerprint density at radius 2 is 1.96 bits per heavy atom. The number of nitrogens with zero attached hydrogens (tertiary/aromatic N) is 2. The Kier molecular flexibility index (Phi) is 9.76. The van der Waals surface area contributed by atoms with Gasteiger partial charge in [0.15, 0.2) is 5.96 Å². The predicted octanol–water partition coefficient (Wildman–Crippen LogP) is 3.48. The maximum Gasteiger partial charge on any atom is 0.387 e. The Morgan fingerprint density at radius 1 is 1.22 bits per heavy atom. The van der Waals surface area contributed by atoms with Crippen molar-refractivity contribution in [2.24, 2.45) is 4.99 Å². The number of nitrogens with one attached hydrogen (secondary N) is 2. The van der Waals surface area contributed by atoms with E-state index in [4.69, 9.17) is 4.74 Å². The monoisotopic (exact) mass is 492 g/mol. The third-order valence-electron chi connectivity index (χ3n) is 3.69. The van der Waals surface area contributed by atoms with Crippen LogP contribution < -0.4 is 20.1 Å². The number of methoxy groups -OCH3 is 1. The molecule has 2 rings (SSSR count). The minimum Gasteiger partial charge on any atom is -0.497 e. The number of benzene rings is 1. The summed E-state index contributed by atoms with van der Waals surface area (Å²) in [5.74, 6) is 1.15. The van der Waals surface area contributed by atoms with Gasteiger partial charge in [-0.05, 0) is 36.8 Å². The summed E-state index contributed by atoms with van der Waals surface area (Å²) >= 11 is 0. The van der Waals surface area contributed by atoms with E-state index in [9.17, 15) is 8.78 Å². The molecule has 0 unspecified atom stereocenters. The van der Waals surface area contributed by atoms with E-state index in [1.54, 1.807) is 25.4 Å². The fourth-order valence-corrected chi connectivity index (χ4v) is 2.30. The van der Waals surface area contributed by atoms with Crippen LogP contribution >= 0.6 is 24.0 Å². The molecule has 1 aromatic carbocycles. The van der Waals surface area contributed by atoms with E-state index in [0.29, 0.717) is 23.8 Å². The van der Waals surface area contributed by atoms with E-state index < -0.39 is 6.61 Å². The Labute approximate surface area is 174 Å². The SMILES string of the molecule is CN=C(NCc1cc(OC)ccc1OC(F)F)NCc1ncccc1C.I. The van der Waals surface area contributed by atoms with Crippen LogP contribution in [0.1, 0.15) is 16.8 Å². The average molecular weight is 492 g/mol. The van der Waals surface area contributed by atoms with Crippen molar-refractivity contribution >= 4 is 29.9 Å². The first kappa shape index (κ1) is 22.9. The van der Waals surface area contributed by atoms with Crippen LogP contribution in [-0.4, -0.2) is 31.7 Å². The van der Waals surface area contributed by atoms with Crippen molar-refractivity contribution in [3.05, 3.63) is 53.3 Å². The highest BCUT2D eigenvalue weighted by atomic mass is 127. The van der Waals surface area contributed by atoms with Crippen molar-refractivity contribution in [1.29, 1.82) is 0 Å². The molecule has 0 bridgehead atoms. The third-order valence-corrected chi connectivity index (χ3v) is 3.69. The zero-order valence-corrected chi connectivity index (χ0v) is 17.7. The molecule has 6 nitrogen and oxygen atoms in total.